The van der Waals surface area contributed by atoms with Gasteiger partial charge in [-0.1, -0.05) is 19.3 Å². The van der Waals surface area contributed by atoms with Crippen LogP contribution < -0.4 is 0 Å². The molecule has 0 aromatic heterocycles. The van der Waals surface area contributed by atoms with Crippen molar-refractivity contribution in [2.24, 2.45) is 0 Å². The molecule has 3 heteroatoms. The van der Waals surface area contributed by atoms with Crippen LogP contribution >= 0.6 is 0 Å². The van der Waals surface area contributed by atoms with E-state index >= 15 is 0 Å². The minimum atomic E-state index is -0.121. The number of ether oxygens (including phenoxy) is 1. The molecule has 15 heavy (non-hydrogen) atoms. The van der Waals surface area contributed by atoms with Gasteiger partial charge in [0.2, 0.25) is 0 Å². The summed E-state index contributed by atoms with van der Waals surface area (Å²) in [6, 6.07) is 0. The fourth-order valence-corrected chi connectivity index (χ4v) is 2.44. The monoisotopic (exact) mass is 211 g/mol. The molecule has 2 rings (SSSR count). The van der Waals surface area contributed by atoms with Crippen molar-refractivity contribution in [3.63, 3.8) is 0 Å². The van der Waals surface area contributed by atoms with Crippen molar-refractivity contribution in [2.75, 3.05) is 19.7 Å². The number of likely N-dealkylation sites (tertiary alicyclic amines) is 1. The fourth-order valence-electron chi connectivity index (χ4n) is 2.44. The summed E-state index contributed by atoms with van der Waals surface area (Å²) in [7, 11) is 0. The van der Waals surface area contributed by atoms with Gasteiger partial charge < -0.3 is 9.64 Å². The third-order valence-corrected chi connectivity index (χ3v) is 3.37. The van der Waals surface area contributed by atoms with Gasteiger partial charge in [0.15, 0.2) is 0 Å². The number of carbonyl (C=O) groups is 1. The molecule has 2 aliphatic heterocycles. The Kier molecular flexibility index (Phi) is 4.01. The van der Waals surface area contributed by atoms with Crippen LogP contribution in [0.1, 0.15) is 44.9 Å². The SMILES string of the molecule is O=C([C@@H]1CCCO1)N1CCCCCCC1. The van der Waals surface area contributed by atoms with Crippen molar-refractivity contribution in [3.05, 3.63) is 0 Å². The summed E-state index contributed by atoms with van der Waals surface area (Å²) in [6.45, 7) is 2.65. The first kappa shape index (κ1) is 10.9. The Hall–Kier alpha value is -0.570. The third kappa shape index (κ3) is 2.94. The van der Waals surface area contributed by atoms with Gasteiger partial charge in [0.1, 0.15) is 6.10 Å². The standard InChI is InChI=1S/C12H21NO2/c14-12(11-7-6-10-15-11)13-8-4-2-1-3-5-9-13/h11H,1-10H2/t11-/m0/s1. The van der Waals surface area contributed by atoms with Crippen LogP contribution in [0.15, 0.2) is 0 Å². The molecule has 2 aliphatic rings. The molecule has 86 valence electrons. The summed E-state index contributed by atoms with van der Waals surface area (Å²) in [4.78, 5) is 14.1. The number of amides is 1. The third-order valence-electron chi connectivity index (χ3n) is 3.37. The van der Waals surface area contributed by atoms with Crippen molar-refractivity contribution in [3.8, 4) is 0 Å². The smallest absolute Gasteiger partial charge is 0.251 e. The average Bonchev–Trinajstić information content (AvgIpc) is 2.68. The molecule has 2 heterocycles. The van der Waals surface area contributed by atoms with Crippen LogP contribution in [0.4, 0.5) is 0 Å². The molecule has 0 saturated carbocycles. The molecule has 0 radical (unpaired) electrons. The summed E-state index contributed by atoms with van der Waals surface area (Å²) >= 11 is 0. The second-order valence-electron chi connectivity index (χ2n) is 4.59. The molecular formula is C12H21NO2. The lowest BCUT2D eigenvalue weighted by molar-refractivity contribution is -0.141. The number of carbonyl (C=O) groups excluding carboxylic acids is 1. The van der Waals surface area contributed by atoms with Gasteiger partial charge >= 0.3 is 0 Å². The minimum absolute atomic E-state index is 0.121. The summed E-state index contributed by atoms with van der Waals surface area (Å²) in [5.74, 6) is 0.245. The highest BCUT2D eigenvalue weighted by Gasteiger charge is 2.27. The van der Waals surface area contributed by atoms with Gasteiger partial charge in [0, 0.05) is 19.7 Å². The number of rotatable bonds is 1. The number of hydrogen-bond donors (Lipinski definition) is 0. The Morgan fingerprint density at radius 2 is 1.67 bits per heavy atom. The van der Waals surface area contributed by atoms with E-state index in [1.807, 2.05) is 4.90 Å². The van der Waals surface area contributed by atoms with Crippen LogP contribution in [0.5, 0.6) is 0 Å². The van der Waals surface area contributed by atoms with Crippen molar-refractivity contribution in [2.45, 2.75) is 51.0 Å². The van der Waals surface area contributed by atoms with Crippen molar-refractivity contribution in [1.29, 1.82) is 0 Å². The highest BCUT2D eigenvalue weighted by atomic mass is 16.5. The van der Waals surface area contributed by atoms with Crippen LogP contribution in [0.2, 0.25) is 0 Å². The highest BCUT2D eigenvalue weighted by molar-refractivity contribution is 5.81. The molecule has 2 fully saturated rings. The van der Waals surface area contributed by atoms with E-state index in [2.05, 4.69) is 0 Å². The fraction of sp³-hybridized carbons (Fsp3) is 0.917. The molecule has 0 unspecified atom stereocenters. The molecular weight excluding hydrogens is 190 g/mol. The number of hydrogen-bond acceptors (Lipinski definition) is 2. The van der Waals surface area contributed by atoms with Gasteiger partial charge in [-0.05, 0) is 25.7 Å². The first-order chi connectivity index (χ1) is 7.38. The topological polar surface area (TPSA) is 29.5 Å². The zero-order valence-electron chi connectivity index (χ0n) is 9.41. The van der Waals surface area contributed by atoms with E-state index in [9.17, 15) is 4.79 Å². The maximum absolute atomic E-state index is 12.1. The Morgan fingerprint density at radius 1 is 1.00 bits per heavy atom. The van der Waals surface area contributed by atoms with Gasteiger partial charge in [0.05, 0.1) is 0 Å². The molecule has 0 aromatic carbocycles. The Labute approximate surface area is 91.8 Å². The summed E-state index contributed by atoms with van der Waals surface area (Å²) < 4.78 is 5.45. The predicted molar refractivity (Wildman–Crippen MR) is 58.6 cm³/mol. The molecule has 0 N–H and O–H groups in total. The maximum atomic E-state index is 12.1. The Bertz CT molecular complexity index is 204. The summed E-state index contributed by atoms with van der Waals surface area (Å²) in [5, 5.41) is 0. The Morgan fingerprint density at radius 3 is 2.27 bits per heavy atom. The first-order valence-electron chi connectivity index (χ1n) is 6.28. The van der Waals surface area contributed by atoms with E-state index in [4.69, 9.17) is 4.74 Å². The molecule has 0 aliphatic carbocycles. The molecule has 0 spiro atoms. The lowest BCUT2D eigenvalue weighted by atomic mass is 10.1. The normalized spacial score (nSPS) is 28.5. The van der Waals surface area contributed by atoms with Gasteiger partial charge in [-0.3, -0.25) is 4.79 Å². The van der Waals surface area contributed by atoms with E-state index in [0.29, 0.717) is 0 Å². The van der Waals surface area contributed by atoms with Gasteiger partial charge in [-0.25, -0.2) is 0 Å². The first-order valence-corrected chi connectivity index (χ1v) is 6.28. The van der Waals surface area contributed by atoms with E-state index < -0.39 is 0 Å². The molecule has 0 aromatic rings. The van der Waals surface area contributed by atoms with E-state index in [1.165, 1.54) is 32.1 Å². The molecule has 1 amide bonds. The molecule has 0 bridgehead atoms. The second-order valence-corrected chi connectivity index (χ2v) is 4.59. The van der Waals surface area contributed by atoms with E-state index in [0.717, 1.165) is 32.5 Å². The van der Waals surface area contributed by atoms with Crippen LogP contribution in [0.3, 0.4) is 0 Å². The van der Waals surface area contributed by atoms with Gasteiger partial charge in [-0.2, -0.15) is 0 Å². The quantitative estimate of drug-likeness (QED) is 0.663. The van der Waals surface area contributed by atoms with Crippen LogP contribution in [0.25, 0.3) is 0 Å². The lowest BCUT2D eigenvalue weighted by Crippen LogP contribution is -2.40. The van der Waals surface area contributed by atoms with Crippen molar-refractivity contribution >= 4 is 5.91 Å². The zero-order chi connectivity index (χ0) is 10.5. The van der Waals surface area contributed by atoms with Crippen LogP contribution in [0, 0.1) is 0 Å². The van der Waals surface area contributed by atoms with Gasteiger partial charge in [-0.15, -0.1) is 0 Å². The van der Waals surface area contributed by atoms with Crippen LogP contribution in [-0.4, -0.2) is 36.6 Å². The summed E-state index contributed by atoms with van der Waals surface area (Å²) in [5.41, 5.74) is 0. The van der Waals surface area contributed by atoms with E-state index in [-0.39, 0.29) is 12.0 Å². The van der Waals surface area contributed by atoms with Crippen molar-refractivity contribution in [1.82, 2.24) is 4.90 Å². The molecule has 2 saturated heterocycles. The lowest BCUT2D eigenvalue weighted by Gasteiger charge is -2.26. The molecule has 1 atom stereocenters. The average molecular weight is 211 g/mol. The second kappa shape index (κ2) is 5.50. The summed E-state index contributed by atoms with van der Waals surface area (Å²) in [6.07, 6.45) is 8.06. The largest absolute Gasteiger partial charge is 0.368 e. The minimum Gasteiger partial charge on any atom is -0.368 e. The van der Waals surface area contributed by atoms with Gasteiger partial charge in [0.25, 0.3) is 5.91 Å². The number of nitrogens with zero attached hydrogens (tertiary/aromatic N) is 1. The zero-order valence-corrected chi connectivity index (χ0v) is 9.41. The predicted octanol–water partition coefficient (Wildman–Crippen LogP) is 1.96. The maximum Gasteiger partial charge on any atom is 0.251 e. The molecule has 3 nitrogen and oxygen atoms in total. The van der Waals surface area contributed by atoms with Crippen molar-refractivity contribution < 1.29 is 9.53 Å². The van der Waals surface area contributed by atoms with Crippen LogP contribution in [-0.2, 0) is 9.53 Å². The Balaban J connectivity index is 1.85. The van der Waals surface area contributed by atoms with E-state index in [1.54, 1.807) is 0 Å². The highest BCUT2D eigenvalue weighted by Crippen LogP contribution is 2.17.